The van der Waals surface area contributed by atoms with Crippen molar-refractivity contribution in [3.05, 3.63) is 102 Å². The van der Waals surface area contributed by atoms with Crippen molar-refractivity contribution in [2.75, 3.05) is 0 Å². The van der Waals surface area contributed by atoms with Gasteiger partial charge in [-0.05, 0) is 34.9 Å². The lowest BCUT2D eigenvalue weighted by atomic mass is 10.0. The van der Waals surface area contributed by atoms with E-state index in [1.54, 1.807) is 0 Å². The second kappa shape index (κ2) is 7.19. The van der Waals surface area contributed by atoms with Crippen LogP contribution in [0.5, 0.6) is 0 Å². The summed E-state index contributed by atoms with van der Waals surface area (Å²) in [6.45, 7) is 0. The van der Waals surface area contributed by atoms with Crippen LogP contribution < -0.4 is 0 Å². The molecule has 3 nitrogen and oxygen atoms in total. The summed E-state index contributed by atoms with van der Waals surface area (Å²) < 4.78 is 5.69. The maximum Gasteiger partial charge on any atom is 0.222 e. The number of nitrogens with zero attached hydrogens (tertiary/aromatic N) is 1. The molecule has 1 atom stereocenters. The minimum absolute atomic E-state index is 0.481. The van der Waals surface area contributed by atoms with Gasteiger partial charge < -0.3 is 4.74 Å². The van der Waals surface area contributed by atoms with Crippen LogP contribution in [-0.2, 0) is 9.53 Å². The lowest BCUT2D eigenvalue weighted by Gasteiger charge is -2.05. The molecule has 0 amide bonds. The third-order valence-corrected chi connectivity index (χ3v) is 4.24. The van der Waals surface area contributed by atoms with E-state index in [1.807, 2.05) is 66.7 Å². The van der Waals surface area contributed by atoms with Crippen molar-refractivity contribution in [3.8, 4) is 11.1 Å². The van der Waals surface area contributed by atoms with Crippen LogP contribution in [0.1, 0.15) is 11.1 Å². The van der Waals surface area contributed by atoms with Gasteiger partial charge in [-0.25, -0.2) is 4.99 Å². The van der Waals surface area contributed by atoms with Crippen molar-refractivity contribution in [2.24, 2.45) is 4.99 Å². The number of aldehydes is 1. The van der Waals surface area contributed by atoms with Gasteiger partial charge in [-0.1, -0.05) is 72.8 Å². The van der Waals surface area contributed by atoms with Crippen LogP contribution in [0.3, 0.4) is 0 Å². The van der Waals surface area contributed by atoms with Crippen LogP contribution >= 0.6 is 0 Å². The molecule has 1 aliphatic heterocycles. The summed E-state index contributed by atoms with van der Waals surface area (Å²) in [4.78, 5) is 15.9. The highest BCUT2D eigenvalue weighted by atomic mass is 16.5. The lowest BCUT2D eigenvalue weighted by Crippen LogP contribution is -2.13. The molecule has 4 rings (SSSR count). The van der Waals surface area contributed by atoms with Gasteiger partial charge in [0.1, 0.15) is 0 Å². The van der Waals surface area contributed by atoms with Crippen molar-refractivity contribution < 1.29 is 9.53 Å². The first-order valence-corrected chi connectivity index (χ1v) is 8.46. The Balaban J connectivity index is 1.62. The van der Waals surface area contributed by atoms with Gasteiger partial charge in [-0.2, -0.15) is 0 Å². The Morgan fingerprint density at radius 2 is 1.31 bits per heavy atom. The van der Waals surface area contributed by atoms with E-state index < -0.39 is 6.10 Å². The van der Waals surface area contributed by atoms with E-state index in [2.05, 4.69) is 29.3 Å². The molecule has 0 N–H and O–H groups in total. The molecular weight excluding hydrogens is 322 g/mol. The molecular formula is C23H17NO2. The second-order valence-electron chi connectivity index (χ2n) is 6.01. The van der Waals surface area contributed by atoms with Crippen molar-refractivity contribution in [3.63, 3.8) is 0 Å². The van der Waals surface area contributed by atoms with E-state index in [0.717, 1.165) is 23.0 Å². The third kappa shape index (κ3) is 3.33. The number of hydrogen-bond acceptors (Lipinski definition) is 3. The summed E-state index contributed by atoms with van der Waals surface area (Å²) in [5.41, 5.74) is 4.78. The predicted molar refractivity (Wildman–Crippen MR) is 104 cm³/mol. The molecule has 1 heterocycles. The van der Waals surface area contributed by atoms with E-state index in [0.29, 0.717) is 11.6 Å². The van der Waals surface area contributed by atoms with Gasteiger partial charge in [0.05, 0.1) is 5.70 Å². The van der Waals surface area contributed by atoms with Crippen LogP contribution in [0.25, 0.3) is 17.2 Å². The molecule has 0 saturated heterocycles. The molecule has 1 unspecified atom stereocenters. The van der Waals surface area contributed by atoms with Gasteiger partial charge in [0.2, 0.25) is 5.90 Å². The molecule has 0 spiro atoms. The van der Waals surface area contributed by atoms with Gasteiger partial charge in [-0.3, -0.25) is 4.79 Å². The van der Waals surface area contributed by atoms with E-state index in [9.17, 15) is 4.79 Å². The molecule has 0 aromatic heterocycles. The number of carbonyl (C=O) groups excluding carboxylic acids is 1. The Hall–Kier alpha value is -3.46. The zero-order valence-electron chi connectivity index (χ0n) is 14.1. The van der Waals surface area contributed by atoms with Crippen LogP contribution in [0, 0.1) is 0 Å². The first kappa shape index (κ1) is 16.0. The maximum atomic E-state index is 11.4. The van der Waals surface area contributed by atoms with E-state index in [-0.39, 0.29) is 0 Å². The summed E-state index contributed by atoms with van der Waals surface area (Å²) in [6, 6.07) is 28.0. The Labute approximate surface area is 152 Å². The first-order chi connectivity index (χ1) is 12.8. The molecule has 3 aromatic carbocycles. The Kier molecular flexibility index (Phi) is 4.44. The van der Waals surface area contributed by atoms with Crippen LogP contribution in [0.2, 0.25) is 0 Å². The zero-order chi connectivity index (χ0) is 17.8. The fourth-order valence-corrected chi connectivity index (χ4v) is 2.89. The van der Waals surface area contributed by atoms with Gasteiger partial charge in [-0.15, -0.1) is 0 Å². The molecule has 0 bridgehead atoms. The first-order valence-electron chi connectivity index (χ1n) is 8.46. The molecule has 0 radical (unpaired) electrons. The van der Waals surface area contributed by atoms with Crippen molar-refractivity contribution in [1.29, 1.82) is 0 Å². The van der Waals surface area contributed by atoms with Gasteiger partial charge in [0, 0.05) is 5.56 Å². The van der Waals surface area contributed by atoms with Gasteiger partial charge >= 0.3 is 0 Å². The standard InChI is InChI=1S/C23H17NO2/c25-16-22-21(24-23(26-22)20-9-5-2-6-10-20)15-17-11-13-19(14-12-17)18-7-3-1-4-8-18/h1-16,22H. The summed E-state index contributed by atoms with van der Waals surface area (Å²) in [5.74, 6) is 0.481. The lowest BCUT2D eigenvalue weighted by molar-refractivity contribution is -0.112. The summed E-state index contributed by atoms with van der Waals surface area (Å²) in [7, 11) is 0. The molecule has 1 aliphatic rings. The van der Waals surface area contributed by atoms with Crippen LogP contribution in [0.15, 0.2) is 95.6 Å². The van der Waals surface area contributed by atoms with Crippen LogP contribution in [-0.4, -0.2) is 18.3 Å². The van der Waals surface area contributed by atoms with E-state index in [1.165, 1.54) is 5.56 Å². The molecule has 0 saturated carbocycles. The maximum absolute atomic E-state index is 11.4. The quantitative estimate of drug-likeness (QED) is 0.644. The number of carbonyl (C=O) groups is 1. The number of aliphatic imine (C=N–C) groups is 1. The highest BCUT2D eigenvalue weighted by Crippen LogP contribution is 2.24. The fourth-order valence-electron chi connectivity index (χ4n) is 2.89. The molecule has 0 fully saturated rings. The monoisotopic (exact) mass is 339 g/mol. The normalized spacial score (nSPS) is 17.6. The smallest absolute Gasteiger partial charge is 0.222 e. The molecule has 3 aromatic rings. The number of hydrogen-bond donors (Lipinski definition) is 0. The highest BCUT2D eigenvalue weighted by molar-refractivity contribution is 5.98. The number of rotatable bonds is 4. The minimum Gasteiger partial charge on any atom is -0.460 e. The van der Waals surface area contributed by atoms with Gasteiger partial charge in [0.25, 0.3) is 0 Å². The molecule has 26 heavy (non-hydrogen) atoms. The molecule has 3 heteroatoms. The molecule has 0 aliphatic carbocycles. The number of benzene rings is 3. The Bertz CT molecular complexity index is 958. The summed E-state index contributed by atoms with van der Waals surface area (Å²) >= 11 is 0. The van der Waals surface area contributed by atoms with Crippen molar-refractivity contribution in [1.82, 2.24) is 0 Å². The summed E-state index contributed by atoms with van der Waals surface area (Å²) in [5, 5.41) is 0. The number of ether oxygens (including phenoxy) is 1. The van der Waals surface area contributed by atoms with Gasteiger partial charge in [0.15, 0.2) is 12.4 Å². The largest absolute Gasteiger partial charge is 0.460 e. The predicted octanol–water partition coefficient (Wildman–Crippen LogP) is 4.74. The Morgan fingerprint density at radius 1 is 0.731 bits per heavy atom. The van der Waals surface area contributed by atoms with Crippen molar-refractivity contribution in [2.45, 2.75) is 6.10 Å². The fraction of sp³-hybridized carbons (Fsp3) is 0.0435. The molecule has 126 valence electrons. The van der Waals surface area contributed by atoms with Crippen LogP contribution in [0.4, 0.5) is 0 Å². The minimum atomic E-state index is -0.668. The Morgan fingerprint density at radius 3 is 1.92 bits per heavy atom. The second-order valence-corrected chi connectivity index (χ2v) is 6.01. The topological polar surface area (TPSA) is 38.7 Å². The highest BCUT2D eigenvalue weighted by Gasteiger charge is 2.25. The SMILES string of the molecule is O=CC1OC(c2ccccc2)=NC1=Cc1ccc(-c2ccccc2)cc1. The average Bonchev–Trinajstić information content (AvgIpc) is 3.13. The van der Waals surface area contributed by atoms with Crippen molar-refractivity contribution >= 4 is 18.3 Å². The van der Waals surface area contributed by atoms with E-state index in [4.69, 9.17) is 4.74 Å². The average molecular weight is 339 g/mol. The third-order valence-electron chi connectivity index (χ3n) is 4.24. The summed E-state index contributed by atoms with van der Waals surface area (Å²) in [6.07, 6.45) is 2.01. The zero-order valence-corrected chi connectivity index (χ0v) is 14.1. The van der Waals surface area contributed by atoms with E-state index >= 15 is 0 Å².